The molecule has 0 radical (unpaired) electrons. The summed E-state index contributed by atoms with van der Waals surface area (Å²) in [5.74, 6) is 0. The Labute approximate surface area is 260 Å². The van der Waals surface area contributed by atoms with Gasteiger partial charge in [0.1, 0.15) is 0 Å². The van der Waals surface area contributed by atoms with Crippen molar-refractivity contribution in [3.05, 3.63) is 109 Å². The normalized spacial score (nSPS) is 14.3. The number of anilines is 6. The van der Waals surface area contributed by atoms with Gasteiger partial charge in [-0.15, -0.1) is 0 Å². The Morgan fingerprint density at radius 2 is 1.07 bits per heavy atom. The zero-order chi connectivity index (χ0) is 29.3. The standard InChI is InChI=1S/C13H16N4.C12H14N4.C8H10N2.CH4/c1-16-6-7-17(9-11-8-14-10-15-11)13-5-3-2-4-12(13)16;1-2-4-12-11(3-1)14-5-6-16(12)8-10-7-13-9-15-10;1-2-4-8-7(3-1)9-5-6-10-8;/h2-5,8,10H,6-7,9H2,1H3,(H,14,15);1-4,7,9,14H,5-6,8H2,(H,13,15);1-4,9-10H,5-6H2;1H4. The van der Waals surface area contributed by atoms with Crippen LogP contribution in [-0.2, 0) is 13.1 Å². The van der Waals surface area contributed by atoms with E-state index in [1.165, 1.54) is 34.1 Å². The molecule has 230 valence electrons. The van der Waals surface area contributed by atoms with Crippen LogP contribution in [0.1, 0.15) is 18.8 Å². The molecule has 3 aliphatic rings. The SMILES string of the molecule is C.CN1CCN(Cc2cnc[nH]2)c2ccccc21.c1ccc2c(c1)NCCN2.c1ccc2c(c1)NCCN2Cc1cnc[nH]1. The summed E-state index contributed by atoms with van der Waals surface area (Å²) in [6, 6.07) is 25.2. The second kappa shape index (κ2) is 14.9. The topological polar surface area (TPSA) is 103 Å². The molecule has 5 N–H and O–H groups in total. The van der Waals surface area contributed by atoms with Gasteiger partial charge >= 0.3 is 0 Å². The monoisotopic (exact) mass is 592 g/mol. The molecule has 5 aromatic rings. The molecule has 0 saturated carbocycles. The van der Waals surface area contributed by atoms with Crippen molar-refractivity contribution in [2.45, 2.75) is 20.5 Å². The third-order valence-corrected chi connectivity index (χ3v) is 7.80. The van der Waals surface area contributed by atoms with E-state index in [2.05, 4.69) is 118 Å². The van der Waals surface area contributed by atoms with Gasteiger partial charge in [-0.25, -0.2) is 9.97 Å². The number of fused-ring (bicyclic) bond motifs is 3. The third kappa shape index (κ3) is 7.44. The molecular weight excluding hydrogens is 548 g/mol. The lowest BCUT2D eigenvalue weighted by Crippen LogP contribution is -2.38. The Morgan fingerprint density at radius 1 is 0.568 bits per heavy atom. The number of H-pyrrole nitrogens is 2. The quantitative estimate of drug-likeness (QED) is 0.177. The van der Waals surface area contributed by atoms with Gasteiger partial charge in [-0.2, -0.15) is 0 Å². The molecule has 0 bridgehead atoms. The Morgan fingerprint density at radius 3 is 1.66 bits per heavy atom. The van der Waals surface area contributed by atoms with E-state index in [0.717, 1.165) is 63.7 Å². The zero-order valence-electron chi connectivity index (χ0n) is 24.6. The van der Waals surface area contributed by atoms with Crippen molar-refractivity contribution in [3.8, 4) is 0 Å². The molecule has 0 unspecified atom stereocenters. The largest absolute Gasteiger partial charge is 0.382 e. The van der Waals surface area contributed by atoms with Crippen LogP contribution < -0.4 is 30.7 Å². The van der Waals surface area contributed by atoms with Gasteiger partial charge in [0.25, 0.3) is 0 Å². The van der Waals surface area contributed by atoms with E-state index in [1.54, 1.807) is 12.7 Å². The fourth-order valence-corrected chi connectivity index (χ4v) is 5.58. The zero-order valence-corrected chi connectivity index (χ0v) is 24.6. The van der Waals surface area contributed by atoms with Gasteiger partial charge in [0.05, 0.1) is 71.3 Å². The highest BCUT2D eigenvalue weighted by Gasteiger charge is 2.20. The molecule has 0 aliphatic carbocycles. The van der Waals surface area contributed by atoms with Crippen LogP contribution in [0.25, 0.3) is 0 Å². The highest BCUT2D eigenvalue weighted by Crippen LogP contribution is 2.32. The maximum absolute atomic E-state index is 4.07. The Kier molecular flexibility index (Phi) is 10.2. The summed E-state index contributed by atoms with van der Waals surface area (Å²) in [5, 5.41) is 10.0. The number of para-hydroxylation sites is 6. The Balaban J connectivity index is 0.000000134. The number of benzene rings is 3. The minimum Gasteiger partial charge on any atom is -0.382 e. The predicted molar refractivity (Wildman–Crippen MR) is 184 cm³/mol. The van der Waals surface area contributed by atoms with E-state index in [-0.39, 0.29) is 7.43 Å². The van der Waals surface area contributed by atoms with Gasteiger partial charge in [-0.3, -0.25) is 0 Å². The second-order valence-corrected chi connectivity index (χ2v) is 10.8. The fourth-order valence-electron chi connectivity index (χ4n) is 5.58. The first-order valence-corrected chi connectivity index (χ1v) is 14.9. The highest BCUT2D eigenvalue weighted by molar-refractivity contribution is 5.73. The summed E-state index contributed by atoms with van der Waals surface area (Å²) in [7, 11) is 2.15. The lowest BCUT2D eigenvalue weighted by atomic mass is 10.1. The molecule has 3 aromatic carbocycles. The van der Waals surface area contributed by atoms with Crippen molar-refractivity contribution in [1.82, 2.24) is 19.9 Å². The van der Waals surface area contributed by atoms with E-state index in [1.807, 2.05) is 24.5 Å². The Bertz CT molecular complexity index is 1530. The molecule has 2 aromatic heterocycles. The number of hydrogen-bond acceptors (Lipinski definition) is 8. The molecular formula is C34H44N10. The summed E-state index contributed by atoms with van der Waals surface area (Å²) in [6.07, 6.45) is 7.23. The average Bonchev–Trinajstić information content (AvgIpc) is 3.79. The average molecular weight is 593 g/mol. The molecule has 0 saturated heterocycles. The molecule has 0 atom stereocenters. The van der Waals surface area contributed by atoms with Crippen LogP contribution in [-0.4, -0.2) is 66.3 Å². The van der Waals surface area contributed by atoms with E-state index < -0.39 is 0 Å². The van der Waals surface area contributed by atoms with Crippen LogP contribution >= 0.6 is 0 Å². The first kappa shape index (κ1) is 30.3. The summed E-state index contributed by atoms with van der Waals surface area (Å²) in [5.41, 5.74) is 9.83. The molecule has 5 heterocycles. The van der Waals surface area contributed by atoms with Crippen LogP contribution in [0, 0.1) is 0 Å². The molecule has 0 spiro atoms. The molecule has 10 heteroatoms. The maximum atomic E-state index is 4.07. The van der Waals surface area contributed by atoms with E-state index >= 15 is 0 Å². The maximum Gasteiger partial charge on any atom is 0.0922 e. The van der Waals surface area contributed by atoms with Crippen LogP contribution in [0.4, 0.5) is 34.1 Å². The van der Waals surface area contributed by atoms with Gasteiger partial charge in [0.15, 0.2) is 0 Å². The smallest absolute Gasteiger partial charge is 0.0922 e. The summed E-state index contributed by atoms with van der Waals surface area (Å²) < 4.78 is 0. The first-order chi connectivity index (χ1) is 21.2. The molecule has 3 aliphatic heterocycles. The minimum absolute atomic E-state index is 0. The number of aromatic amines is 2. The molecule has 44 heavy (non-hydrogen) atoms. The number of likely N-dealkylation sites (N-methyl/N-ethyl adjacent to an activating group) is 1. The van der Waals surface area contributed by atoms with Crippen LogP contribution in [0.5, 0.6) is 0 Å². The van der Waals surface area contributed by atoms with Crippen LogP contribution in [0.3, 0.4) is 0 Å². The Hall–Kier alpha value is -5.12. The van der Waals surface area contributed by atoms with Crippen LogP contribution in [0.15, 0.2) is 97.8 Å². The first-order valence-electron chi connectivity index (χ1n) is 14.9. The highest BCUT2D eigenvalue weighted by atomic mass is 15.3. The van der Waals surface area contributed by atoms with Crippen LogP contribution in [0.2, 0.25) is 0 Å². The van der Waals surface area contributed by atoms with Crippen molar-refractivity contribution in [3.63, 3.8) is 0 Å². The van der Waals surface area contributed by atoms with Gasteiger partial charge < -0.3 is 40.6 Å². The van der Waals surface area contributed by atoms with Gasteiger partial charge in [-0.1, -0.05) is 43.8 Å². The van der Waals surface area contributed by atoms with Gasteiger partial charge in [0.2, 0.25) is 0 Å². The number of nitrogens with zero attached hydrogens (tertiary/aromatic N) is 5. The predicted octanol–water partition coefficient (Wildman–Crippen LogP) is 5.87. The number of aromatic nitrogens is 4. The molecule has 0 amide bonds. The van der Waals surface area contributed by atoms with Gasteiger partial charge in [0, 0.05) is 58.7 Å². The lowest BCUT2D eigenvalue weighted by molar-refractivity contribution is 0.727. The number of imidazole rings is 2. The molecule has 0 fully saturated rings. The second-order valence-electron chi connectivity index (χ2n) is 10.8. The summed E-state index contributed by atoms with van der Waals surface area (Å²) in [4.78, 5) is 21.5. The number of nitrogens with one attached hydrogen (secondary N) is 5. The molecule has 10 nitrogen and oxygen atoms in total. The van der Waals surface area contributed by atoms with Gasteiger partial charge in [-0.05, 0) is 36.4 Å². The lowest BCUT2D eigenvalue weighted by Gasteiger charge is -2.36. The number of hydrogen-bond donors (Lipinski definition) is 5. The van der Waals surface area contributed by atoms with E-state index in [9.17, 15) is 0 Å². The molecule has 8 rings (SSSR count). The minimum atomic E-state index is 0. The van der Waals surface area contributed by atoms with E-state index in [0.29, 0.717) is 0 Å². The van der Waals surface area contributed by atoms with Crippen molar-refractivity contribution in [1.29, 1.82) is 0 Å². The summed E-state index contributed by atoms with van der Waals surface area (Å²) in [6.45, 7) is 7.95. The van der Waals surface area contributed by atoms with Crippen molar-refractivity contribution >= 4 is 34.1 Å². The van der Waals surface area contributed by atoms with Crippen molar-refractivity contribution in [2.24, 2.45) is 0 Å². The van der Waals surface area contributed by atoms with Crippen molar-refractivity contribution < 1.29 is 0 Å². The fraction of sp³-hybridized carbons (Fsp3) is 0.294. The van der Waals surface area contributed by atoms with E-state index in [4.69, 9.17) is 0 Å². The van der Waals surface area contributed by atoms with Crippen molar-refractivity contribution in [2.75, 3.05) is 77.0 Å². The number of rotatable bonds is 4. The third-order valence-electron chi connectivity index (χ3n) is 7.80. The summed E-state index contributed by atoms with van der Waals surface area (Å²) >= 11 is 0.